The van der Waals surface area contributed by atoms with Crippen molar-refractivity contribution in [3.05, 3.63) is 45.6 Å². The summed E-state index contributed by atoms with van der Waals surface area (Å²) in [5.74, 6) is 1.70. The van der Waals surface area contributed by atoms with E-state index in [0.29, 0.717) is 27.6 Å². The van der Waals surface area contributed by atoms with Crippen molar-refractivity contribution < 1.29 is 14.6 Å². The minimum atomic E-state index is 0.0682. The summed E-state index contributed by atoms with van der Waals surface area (Å²) in [6.07, 6.45) is 5.20. The van der Waals surface area contributed by atoms with E-state index in [1.54, 1.807) is 25.0 Å². The smallest absolute Gasteiger partial charge is 0.202 e. The molecule has 1 N–H and O–H groups in total. The van der Waals surface area contributed by atoms with Crippen LogP contribution in [0.4, 0.5) is 0 Å². The first-order valence-electron chi connectivity index (χ1n) is 7.08. The van der Waals surface area contributed by atoms with Gasteiger partial charge >= 0.3 is 0 Å². The highest BCUT2D eigenvalue weighted by atomic mass is 35.5. The molecule has 0 saturated carbocycles. The van der Waals surface area contributed by atoms with E-state index in [4.69, 9.17) is 32.7 Å². The van der Waals surface area contributed by atoms with Gasteiger partial charge in [0.1, 0.15) is 10.9 Å². The third kappa shape index (κ3) is 2.99. The lowest BCUT2D eigenvalue weighted by Crippen LogP contribution is -2.08. The lowest BCUT2D eigenvalue weighted by atomic mass is 10.0. The van der Waals surface area contributed by atoms with Gasteiger partial charge in [-0.15, -0.1) is 0 Å². The zero-order valence-corrected chi connectivity index (χ0v) is 14.3. The highest BCUT2D eigenvalue weighted by Crippen LogP contribution is 2.35. The van der Waals surface area contributed by atoms with Gasteiger partial charge in [0.25, 0.3) is 0 Å². The van der Waals surface area contributed by atoms with Crippen LogP contribution in [0.3, 0.4) is 0 Å². The molecular formula is C16H16Cl2N2O3. The van der Waals surface area contributed by atoms with Gasteiger partial charge in [-0.3, -0.25) is 0 Å². The molecule has 0 saturated heterocycles. The molecule has 2 aromatic heterocycles. The number of rotatable bonds is 4. The number of fused-ring (bicyclic) bond motifs is 1. The molecule has 0 spiro atoms. The van der Waals surface area contributed by atoms with E-state index in [0.717, 1.165) is 29.9 Å². The number of methoxy groups -OCH3 is 2. The van der Waals surface area contributed by atoms with E-state index in [-0.39, 0.29) is 5.88 Å². The van der Waals surface area contributed by atoms with E-state index in [9.17, 15) is 5.11 Å². The Labute approximate surface area is 143 Å². The largest absolute Gasteiger partial charge is 0.501 e. The number of pyridine rings is 1. The molecule has 0 aliphatic heterocycles. The molecule has 2 heterocycles. The second kappa shape index (κ2) is 6.34. The Morgan fingerprint density at radius 3 is 2.74 bits per heavy atom. The Morgan fingerprint density at radius 1 is 1.26 bits per heavy atom. The first-order chi connectivity index (χ1) is 11.0. The number of hydrogen-bond acceptors (Lipinski definition) is 4. The van der Waals surface area contributed by atoms with Crippen molar-refractivity contribution in [1.82, 2.24) is 9.55 Å². The SMILES string of the molecule is COC1=CC(OC)=C(Cn2cc3nc(Cl)cc(Cl)c3c2O)CC1. The van der Waals surface area contributed by atoms with Crippen LogP contribution in [-0.2, 0) is 16.0 Å². The number of allylic oxidation sites excluding steroid dienone is 3. The minimum absolute atomic E-state index is 0.0682. The van der Waals surface area contributed by atoms with E-state index in [1.807, 2.05) is 6.08 Å². The van der Waals surface area contributed by atoms with Gasteiger partial charge in [-0.1, -0.05) is 23.2 Å². The molecule has 0 bridgehead atoms. The third-order valence-corrected chi connectivity index (χ3v) is 4.39. The molecule has 2 aromatic rings. The number of ether oxygens (including phenoxy) is 2. The van der Waals surface area contributed by atoms with Gasteiger partial charge in [0.2, 0.25) is 5.88 Å². The lowest BCUT2D eigenvalue weighted by Gasteiger charge is -2.19. The van der Waals surface area contributed by atoms with Gasteiger partial charge in [-0.05, 0) is 18.1 Å². The van der Waals surface area contributed by atoms with Crippen LogP contribution in [0.5, 0.6) is 5.88 Å². The molecule has 0 amide bonds. The monoisotopic (exact) mass is 354 g/mol. The molecule has 5 nitrogen and oxygen atoms in total. The van der Waals surface area contributed by atoms with Crippen LogP contribution in [0.2, 0.25) is 10.2 Å². The van der Waals surface area contributed by atoms with Crippen LogP contribution in [0, 0.1) is 0 Å². The van der Waals surface area contributed by atoms with Crippen LogP contribution < -0.4 is 0 Å². The topological polar surface area (TPSA) is 56.5 Å². The summed E-state index contributed by atoms with van der Waals surface area (Å²) in [6.45, 7) is 0.479. The molecule has 1 aliphatic carbocycles. The van der Waals surface area contributed by atoms with Gasteiger partial charge in [-0.2, -0.15) is 0 Å². The average Bonchev–Trinajstić information content (AvgIpc) is 2.83. The standard InChI is InChI=1S/C16H16Cl2N2O3/c1-22-10-4-3-9(13(5-10)23-2)7-20-8-12-15(16(20)21)11(17)6-14(18)19-12/h5-6,8,21H,3-4,7H2,1-2H3. The maximum Gasteiger partial charge on any atom is 0.202 e. The van der Waals surface area contributed by atoms with Crippen molar-refractivity contribution in [3.63, 3.8) is 0 Å². The van der Waals surface area contributed by atoms with Gasteiger partial charge in [-0.25, -0.2) is 4.98 Å². The Bertz CT molecular complexity index is 824. The molecule has 3 rings (SSSR count). The number of halogens is 2. The van der Waals surface area contributed by atoms with Crippen molar-refractivity contribution in [3.8, 4) is 5.88 Å². The van der Waals surface area contributed by atoms with Crippen molar-refractivity contribution in [1.29, 1.82) is 0 Å². The molecule has 0 unspecified atom stereocenters. The van der Waals surface area contributed by atoms with E-state index >= 15 is 0 Å². The van der Waals surface area contributed by atoms with E-state index in [2.05, 4.69) is 4.98 Å². The number of aromatic hydroxyl groups is 1. The van der Waals surface area contributed by atoms with Crippen molar-refractivity contribution in [2.45, 2.75) is 19.4 Å². The predicted octanol–water partition coefficient (Wildman–Crippen LogP) is 4.27. The van der Waals surface area contributed by atoms with Gasteiger partial charge in [0, 0.05) is 18.7 Å². The van der Waals surface area contributed by atoms with Gasteiger partial charge in [0.05, 0.1) is 42.4 Å². The van der Waals surface area contributed by atoms with Crippen molar-refractivity contribution in [2.24, 2.45) is 0 Å². The minimum Gasteiger partial charge on any atom is -0.501 e. The van der Waals surface area contributed by atoms with Crippen molar-refractivity contribution >= 4 is 34.1 Å². The second-order valence-electron chi connectivity index (χ2n) is 5.25. The first-order valence-corrected chi connectivity index (χ1v) is 7.83. The van der Waals surface area contributed by atoms with Crippen LogP contribution in [0.25, 0.3) is 10.9 Å². The molecular weight excluding hydrogens is 339 g/mol. The maximum atomic E-state index is 10.4. The Kier molecular flexibility index (Phi) is 4.41. The summed E-state index contributed by atoms with van der Waals surface area (Å²) in [7, 11) is 3.26. The highest BCUT2D eigenvalue weighted by Gasteiger charge is 2.19. The second-order valence-corrected chi connectivity index (χ2v) is 6.05. The fourth-order valence-corrected chi connectivity index (χ4v) is 3.28. The highest BCUT2D eigenvalue weighted by molar-refractivity contribution is 6.38. The fraction of sp³-hybridized carbons (Fsp3) is 0.312. The molecule has 0 radical (unpaired) electrons. The first kappa shape index (κ1) is 16.0. The Hall–Kier alpha value is -1.85. The summed E-state index contributed by atoms with van der Waals surface area (Å²) in [6, 6.07) is 1.52. The van der Waals surface area contributed by atoms with Crippen LogP contribution >= 0.6 is 23.2 Å². The summed E-state index contributed by atoms with van der Waals surface area (Å²) >= 11 is 12.1. The predicted molar refractivity (Wildman–Crippen MR) is 89.8 cm³/mol. The zero-order valence-electron chi connectivity index (χ0n) is 12.8. The Balaban J connectivity index is 2.02. The molecule has 23 heavy (non-hydrogen) atoms. The molecule has 0 aromatic carbocycles. The summed E-state index contributed by atoms with van der Waals surface area (Å²) in [4.78, 5) is 4.20. The summed E-state index contributed by atoms with van der Waals surface area (Å²) in [5, 5.41) is 11.6. The molecule has 7 heteroatoms. The van der Waals surface area contributed by atoms with Crippen LogP contribution in [-0.4, -0.2) is 28.9 Å². The maximum absolute atomic E-state index is 10.4. The molecule has 1 aliphatic rings. The van der Waals surface area contributed by atoms with Crippen LogP contribution in [0.15, 0.2) is 35.4 Å². The number of hydrogen-bond donors (Lipinski definition) is 1. The number of aromatic nitrogens is 2. The lowest BCUT2D eigenvalue weighted by molar-refractivity contribution is 0.252. The summed E-state index contributed by atoms with van der Waals surface area (Å²) < 4.78 is 12.4. The molecule has 122 valence electrons. The Morgan fingerprint density at radius 2 is 2.04 bits per heavy atom. The van der Waals surface area contributed by atoms with Crippen molar-refractivity contribution in [2.75, 3.05) is 14.2 Å². The number of nitrogens with zero attached hydrogens (tertiary/aromatic N) is 2. The van der Waals surface area contributed by atoms with E-state index < -0.39 is 0 Å². The average molecular weight is 355 g/mol. The normalized spacial score (nSPS) is 15.0. The summed E-state index contributed by atoms with van der Waals surface area (Å²) in [5.41, 5.74) is 1.62. The molecule has 0 fully saturated rings. The zero-order chi connectivity index (χ0) is 16.6. The fourth-order valence-electron chi connectivity index (χ4n) is 2.73. The van der Waals surface area contributed by atoms with Gasteiger partial charge in [0.15, 0.2) is 0 Å². The van der Waals surface area contributed by atoms with Gasteiger partial charge < -0.3 is 19.1 Å². The van der Waals surface area contributed by atoms with E-state index in [1.165, 1.54) is 6.07 Å². The molecule has 0 atom stereocenters. The van der Waals surface area contributed by atoms with Crippen LogP contribution in [0.1, 0.15) is 12.8 Å². The quantitative estimate of drug-likeness (QED) is 0.832. The third-order valence-electron chi connectivity index (χ3n) is 3.90.